The van der Waals surface area contributed by atoms with E-state index in [-0.39, 0.29) is 17.7 Å². The fourth-order valence-electron chi connectivity index (χ4n) is 3.54. The first-order valence-electron chi connectivity index (χ1n) is 8.33. The molecule has 1 saturated heterocycles. The minimum absolute atomic E-state index is 0.118. The summed E-state index contributed by atoms with van der Waals surface area (Å²) in [5.74, 6) is 0.997. The lowest BCUT2D eigenvalue weighted by atomic mass is 9.86. The number of likely N-dealkylation sites (tertiary alicyclic amines) is 1. The summed E-state index contributed by atoms with van der Waals surface area (Å²) < 4.78 is 0. The average Bonchev–Trinajstić information content (AvgIpc) is 2.49. The molecule has 1 aliphatic heterocycles. The summed E-state index contributed by atoms with van der Waals surface area (Å²) in [6.07, 6.45) is 6.57. The highest BCUT2D eigenvalue weighted by atomic mass is 16.2. The molecule has 2 N–H and O–H groups in total. The summed E-state index contributed by atoms with van der Waals surface area (Å²) in [5.41, 5.74) is 0. The number of amides is 2. The molecule has 1 heterocycles. The van der Waals surface area contributed by atoms with Crippen molar-refractivity contribution in [2.75, 3.05) is 26.7 Å². The molecule has 5 nitrogen and oxygen atoms in total. The second kappa shape index (κ2) is 7.78. The van der Waals surface area contributed by atoms with Gasteiger partial charge in [-0.3, -0.25) is 14.5 Å². The first-order chi connectivity index (χ1) is 10.1. The number of carbonyl (C=O) groups is 2. The van der Waals surface area contributed by atoms with Crippen LogP contribution in [0.5, 0.6) is 0 Å². The summed E-state index contributed by atoms with van der Waals surface area (Å²) in [7, 11) is 1.69. The number of hydrogen-bond acceptors (Lipinski definition) is 3. The molecular formula is C16H29N3O2. The Kier molecular flexibility index (Phi) is 6.03. The Balaban J connectivity index is 1.70. The van der Waals surface area contributed by atoms with Crippen LogP contribution in [-0.4, -0.2) is 49.4 Å². The van der Waals surface area contributed by atoms with Gasteiger partial charge in [-0.05, 0) is 44.7 Å². The van der Waals surface area contributed by atoms with Gasteiger partial charge in [0, 0.05) is 19.0 Å². The molecule has 0 aromatic rings. The third kappa shape index (κ3) is 4.70. The normalized spacial score (nSPS) is 28.1. The van der Waals surface area contributed by atoms with Crippen molar-refractivity contribution in [1.29, 1.82) is 0 Å². The largest absolute Gasteiger partial charge is 0.359 e. The van der Waals surface area contributed by atoms with Gasteiger partial charge in [0.1, 0.15) is 0 Å². The number of carbonyl (C=O) groups excluding carboxylic acids is 2. The maximum Gasteiger partial charge on any atom is 0.234 e. The predicted molar refractivity (Wildman–Crippen MR) is 82.8 cm³/mol. The quantitative estimate of drug-likeness (QED) is 0.817. The fourth-order valence-corrected chi connectivity index (χ4v) is 3.54. The van der Waals surface area contributed by atoms with Crippen molar-refractivity contribution in [1.82, 2.24) is 15.5 Å². The van der Waals surface area contributed by atoms with Gasteiger partial charge in [0.25, 0.3) is 0 Å². The standard InChI is InChI=1S/C16H29N3O2/c1-12-5-3-4-6-14(12)18-15(20)11-19-9-7-13(8-10-19)16(21)17-2/h12-14H,3-11H2,1-2H3,(H,17,21)(H,18,20)/t12-,14-/m0/s1. The van der Waals surface area contributed by atoms with Gasteiger partial charge in [-0.2, -0.15) is 0 Å². The summed E-state index contributed by atoms with van der Waals surface area (Å²) >= 11 is 0. The summed E-state index contributed by atoms with van der Waals surface area (Å²) in [5, 5.41) is 5.91. The van der Waals surface area contributed by atoms with Crippen LogP contribution in [0, 0.1) is 11.8 Å². The first kappa shape index (κ1) is 16.3. The molecule has 0 spiro atoms. The molecule has 2 aliphatic rings. The second-order valence-electron chi connectivity index (χ2n) is 6.60. The van der Waals surface area contributed by atoms with Crippen molar-refractivity contribution in [2.24, 2.45) is 11.8 Å². The monoisotopic (exact) mass is 295 g/mol. The predicted octanol–water partition coefficient (Wildman–Crippen LogP) is 1.14. The van der Waals surface area contributed by atoms with Gasteiger partial charge < -0.3 is 10.6 Å². The van der Waals surface area contributed by atoms with Crippen LogP contribution >= 0.6 is 0 Å². The highest BCUT2D eigenvalue weighted by molar-refractivity contribution is 5.79. The van der Waals surface area contributed by atoms with E-state index in [0.29, 0.717) is 18.5 Å². The molecule has 2 fully saturated rings. The van der Waals surface area contributed by atoms with E-state index in [9.17, 15) is 9.59 Å². The van der Waals surface area contributed by atoms with Gasteiger partial charge in [-0.25, -0.2) is 0 Å². The molecular weight excluding hydrogens is 266 g/mol. The minimum atomic E-state index is 0.118. The number of piperidine rings is 1. The molecule has 1 aliphatic carbocycles. The van der Waals surface area contributed by atoms with Crippen molar-refractivity contribution in [2.45, 2.75) is 51.5 Å². The Hall–Kier alpha value is -1.10. The molecule has 1 saturated carbocycles. The highest BCUT2D eigenvalue weighted by Crippen LogP contribution is 2.23. The van der Waals surface area contributed by atoms with Gasteiger partial charge in [0.2, 0.25) is 11.8 Å². The third-order valence-corrected chi connectivity index (χ3v) is 5.03. The zero-order valence-electron chi connectivity index (χ0n) is 13.4. The number of rotatable bonds is 4. The Morgan fingerprint density at radius 1 is 1.10 bits per heavy atom. The summed E-state index contributed by atoms with van der Waals surface area (Å²) in [4.78, 5) is 25.9. The van der Waals surface area contributed by atoms with Crippen LogP contribution in [0.3, 0.4) is 0 Å². The van der Waals surface area contributed by atoms with E-state index in [1.807, 2.05) is 0 Å². The molecule has 2 rings (SSSR count). The number of hydrogen-bond donors (Lipinski definition) is 2. The van der Waals surface area contributed by atoms with E-state index in [1.165, 1.54) is 19.3 Å². The Morgan fingerprint density at radius 3 is 2.38 bits per heavy atom. The van der Waals surface area contributed by atoms with Gasteiger partial charge in [0.05, 0.1) is 6.54 Å². The third-order valence-electron chi connectivity index (χ3n) is 5.03. The smallest absolute Gasteiger partial charge is 0.234 e. The van der Waals surface area contributed by atoms with Gasteiger partial charge in [-0.15, -0.1) is 0 Å². The average molecular weight is 295 g/mol. The number of nitrogens with one attached hydrogen (secondary N) is 2. The van der Waals surface area contributed by atoms with Gasteiger partial charge in [-0.1, -0.05) is 19.8 Å². The number of nitrogens with zero attached hydrogens (tertiary/aromatic N) is 1. The lowest BCUT2D eigenvalue weighted by Crippen LogP contribution is -2.48. The van der Waals surface area contributed by atoms with Crippen LogP contribution < -0.4 is 10.6 Å². The lowest BCUT2D eigenvalue weighted by Gasteiger charge is -2.33. The van der Waals surface area contributed by atoms with E-state index in [2.05, 4.69) is 22.5 Å². The van der Waals surface area contributed by atoms with E-state index >= 15 is 0 Å². The van der Waals surface area contributed by atoms with Crippen LogP contribution in [0.4, 0.5) is 0 Å². The molecule has 120 valence electrons. The molecule has 0 unspecified atom stereocenters. The summed E-state index contributed by atoms with van der Waals surface area (Å²) in [6.45, 7) is 4.39. The van der Waals surface area contributed by atoms with Crippen LogP contribution in [0.25, 0.3) is 0 Å². The Morgan fingerprint density at radius 2 is 1.76 bits per heavy atom. The second-order valence-corrected chi connectivity index (χ2v) is 6.60. The SMILES string of the molecule is CNC(=O)C1CCN(CC(=O)N[C@H]2CCCC[C@@H]2C)CC1. The lowest BCUT2D eigenvalue weighted by molar-refractivity contribution is -0.126. The fraction of sp³-hybridized carbons (Fsp3) is 0.875. The topological polar surface area (TPSA) is 61.4 Å². The zero-order chi connectivity index (χ0) is 15.2. The Labute approximate surface area is 127 Å². The van der Waals surface area contributed by atoms with Crippen molar-refractivity contribution in [3.8, 4) is 0 Å². The summed E-state index contributed by atoms with van der Waals surface area (Å²) in [6, 6.07) is 0.356. The van der Waals surface area contributed by atoms with Crippen LogP contribution in [0.1, 0.15) is 45.4 Å². The molecule has 0 bridgehead atoms. The Bertz CT molecular complexity index is 365. The zero-order valence-corrected chi connectivity index (χ0v) is 13.4. The van der Waals surface area contributed by atoms with E-state index in [4.69, 9.17) is 0 Å². The van der Waals surface area contributed by atoms with E-state index in [0.717, 1.165) is 32.4 Å². The first-order valence-corrected chi connectivity index (χ1v) is 8.33. The van der Waals surface area contributed by atoms with Crippen LogP contribution in [0.15, 0.2) is 0 Å². The molecule has 0 aromatic carbocycles. The van der Waals surface area contributed by atoms with Gasteiger partial charge >= 0.3 is 0 Å². The maximum absolute atomic E-state index is 12.2. The molecule has 2 amide bonds. The van der Waals surface area contributed by atoms with Crippen molar-refractivity contribution in [3.63, 3.8) is 0 Å². The van der Waals surface area contributed by atoms with Crippen LogP contribution in [-0.2, 0) is 9.59 Å². The molecule has 2 atom stereocenters. The molecule has 0 aromatic heterocycles. The van der Waals surface area contributed by atoms with Crippen molar-refractivity contribution >= 4 is 11.8 Å². The minimum Gasteiger partial charge on any atom is -0.359 e. The van der Waals surface area contributed by atoms with Crippen LogP contribution in [0.2, 0.25) is 0 Å². The molecule has 5 heteroatoms. The van der Waals surface area contributed by atoms with E-state index < -0.39 is 0 Å². The van der Waals surface area contributed by atoms with E-state index in [1.54, 1.807) is 7.05 Å². The van der Waals surface area contributed by atoms with Crippen molar-refractivity contribution in [3.05, 3.63) is 0 Å². The molecule has 21 heavy (non-hydrogen) atoms. The van der Waals surface area contributed by atoms with Crippen molar-refractivity contribution < 1.29 is 9.59 Å². The maximum atomic E-state index is 12.2. The molecule has 0 radical (unpaired) electrons. The van der Waals surface area contributed by atoms with Gasteiger partial charge in [0.15, 0.2) is 0 Å². The highest BCUT2D eigenvalue weighted by Gasteiger charge is 2.27.